The second-order valence-electron chi connectivity index (χ2n) is 9.81. The van der Waals surface area contributed by atoms with Gasteiger partial charge in [-0.2, -0.15) is 4.98 Å². The lowest BCUT2D eigenvalue weighted by Crippen LogP contribution is -2.39. The minimum atomic E-state index is -4.18. The summed E-state index contributed by atoms with van der Waals surface area (Å²) in [6.07, 6.45) is 1.50. The number of carboxylic acid groups (broad SMARTS) is 1. The Morgan fingerprint density at radius 1 is 0.951 bits per heavy atom. The topological polar surface area (TPSA) is 131 Å². The summed E-state index contributed by atoms with van der Waals surface area (Å²) < 4.78 is 35.1. The number of hydrogen-bond donors (Lipinski definition) is 3. The zero-order valence-electron chi connectivity index (χ0n) is 22.6. The molecule has 0 amide bonds. The zero-order valence-corrected chi connectivity index (χ0v) is 24.2. The molecular formula is C30H31ClN4O5S. The highest BCUT2D eigenvalue weighted by Crippen LogP contribution is 2.31. The Hall–Kier alpha value is -3.99. The standard InChI is InChI=1S/C30H30N4O5S.ClH/c1-19-8-6-9-20(2)28(19)26-17-27(39-23-14-15-25(31-18-23)21-10-4-3-5-11-21)33-30(32-26)34-40(37,38)24-13-7-12-22(16-24)29(35)36;/h3-13,16-17,23,25,31H,14-15,18H2,1-2H3,(H,35,36)(H,32,33,34);1H. The van der Waals surface area contributed by atoms with Crippen molar-refractivity contribution in [3.05, 3.63) is 101 Å². The van der Waals surface area contributed by atoms with E-state index in [4.69, 9.17) is 4.74 Å². The van der Waals surface area contributed by atoms with Crippen molar-refractivity contribution in [1.29, 1.82) is 0 Å². The molecule has 2 atom stereocenters. The predicted molar refractivity (Wildman–Crippen MR) is 159 cm³/mol. The lowest BCUT2D eigenvalue weighted by Gasteiger charge is -2.30. The average Bonchev–Trinajstić information content (AvgIpc) is 2.93. The fourth-order valence-electron chi connectivity index (χ4n) is 4.92. The van der Waals surface area contributed by atoms with Gasteiger partial charge in [-0.15, -0.1) is 12.4 Å². The van der Waals surface area contributed by atoms with Crippen molar-refractivity contribution in [2.75, 3.05) is 11.3 Å². The third-order valence-corrected chi connectivity index (χ3v) is 8.24. The van der Waals surface area contributed by atoms with Crippen LogP contribution in [0.5, 0.6) is 5.88 Å². The Morgan fingerprint density at radius 3 is 2.32 bits per heavy atom. The van der Waals surface area contributed by atoms with Crippen LogP contribution >= 0.6 is 12.4 Å². The van der Waals surface area contributed by atoms with Crippen molar-refractivity contribution in [2.45, 2.75) is 43.7 Å². The molecule has 9 nitrogen and oxygen atoms in total. The number of aromatic carboxylic acids is 1. The van der Waals surface area contributed by atoms with E-state index in [2.05, 4.69) is 32.1 Å². The summed E-state index contributed by atoms with van der Waals surface area (Å²) in [5.74, 6) is -1.15. The minimum Gasteiger partial charge on any atom is -0.478 e. The van der Waals surface area contributed by atoms with E-state index in [0.717, 1.165) is 35.6 Å². The summed E-state index contributed by atoms with van der Waals surface area (Å²) in [7, 11) is -4.18. The number of rotatable bonds is 8. The second-order valence-corrected chi connectivity index (χ2v) is 11.5. The molecule has 1 fully saturated rings. The molecule has 0 radical (unpaired) electrons. The van der Waals surface area contributed by atoms with E-state index in [1.165, 1.54) is 23.8 Å². The molecule has 3 N–H and O–H groups in total. The molecule has 214 valence electrons. The molecule has 0 aliphatic carbocycles. The number of halogens is 1. The lowest BCUT2D eigenvalue weighted by molar-refractivity contribution is 0.0696. The van der Waals surface area contributed by atoms with Crippen LogP contribution in [0.4, 0.5) is 5.95 Å². The highest BCUT2D eigenvalue weighted by molar-refractivity contribution is 7.92. The molecule has 2 heterocycles. The number of ether oxygens (including phenoxy) is 1. The molecule has 0 bridgehead atoms. The fraction of sp³-hybridized carbons (Fsp3) is 0.233. The van der Waals surface area contributed by atoms with Crippen LogP contribution < -0.4 is 14.8 Å². The van der Waals surface area contributed by atoms with Crippen molar-refractivity contribution in [2.24, 2.45) is 0 Å². The van der Waals surface area contributed by atoms with Crippen molar-refractivity contribution in [3.8, 4) is 17.1 Å². The van der Waals surface area contributed by atoms with E-state index in [1.54, 1.807) is 6.07 Å². The zero-order chi connectivity index (χ0) is 28.3. The molecule has 0 spiro atoms. The summed E-state index contributed by atoms with van der Waals surface area (Å²) in [5, 5.41) is 12.8. The van der Waals surface area contributed by atoms with Gasteiger partial charge in [0, 0.05) is 24.2 Å². The number of nitrogens with zero attached hydrogens (tertiary/aromatic N) is 2. The van der Waals surface area contributed by atoms with Crippen LogP contribution in [0, 0.1) is 13.8 Å². The first kappa shape index (κ1) is 30.0. The number of piperidine rings is 1. The summed E-state index contributed by atoms with van der Waals surface area (Å²) in [6.45, 7) is 4.52. The molecule has 41 heavy (non-hydrogen) atoms. The summed E-state index contributed by atoms with van der Waals surface area (Å²) >= 11 is 0. The van der Waals surface area contributed by atoms with Gasteiger partial charge in [-0.25, -0.2) is 22.9 Å². The van der Waals surface area contributed by atoms with Gasteiger partial charge in [-0.1, -0.05) is 54.6 Å². The Kier molecular flexibility index (Phi) is 9.27. The highest BCUT2D eigenvalue weighted by atomic mass is 35.5. The van der Waals surface area contributed by atoms with Crippen molar-refractivity contribution in [1.82, 2.24) is 15.3 Å². The van der Waals surface area contributed by atoms with Crippen LogP contribution in [0.1, 0.15) is 45.9 Å². The lowest BCUT2D eigenvalue weighted by atomic mass is 9.96. The van der Waals surface area contributed by atoms with Crippen LogP contribution in [-0.2, 0) is 10.0 Å². The first-order chi connectivity index (χ1) is 19.2. The quantitative estimate of drug-likeness (QED) is 0.242. The van der Waals surface area contributed by atoms with Crippen LogP contribution in [0.3, 0.4) is 0 Å². The van der Waals surface area contributed by atoms with Crippen LogP contribution in [0.25, 0.3) is 11.3 Å². The van der Waals surface area contributed by atoms with Crippen molar-refractivity contribution < 1.29 is 23.1 Å². The van der Waals surface area contributed by atoms with Crippen molar-refractivity contribution in [3.63, 3.8) is 0 Å². The summed E-state index contributed by atoms with van der Waals surface area (Å²) in [4.78, 5) is 20.1. The smallest absolute Gasteiger partial charge is 0.335 e. The average molecular weight is 595 g/mol. The number of hydrogen-bond acceptors (Lipinski definition) is 7. The first-order valence-electron chi connectivity index (χ1n) is 13.0. The number of sulfonamides is 1. The third kappa shape index (κ3) is 7.02. The number of benzene rings is 3. The van der Waals surface area contributed by atoms with E-state index in [0.29, 0.717) is 12.2 Å². The Bertz CT molecular complexity index is 1620. The minimum absolute atomic E-state index is 0. The molecule has 5 rings (SSSR count). The SMILES string of the molecule is Cc1cccc(C)c1-c1cc(OC2CCC(c3ccccc3)NC2)nc(NS(=O)(=O)c2cccc(C(=O)O)c2)n1.Cl. The van der Waals surface area contributed by atoms with Crippen LogP contribution in [0.15, 0.2) is 83.8 Å². The van der Waals surface area contributed by atoms with Gasteiger partial charge in [-0.05, 0) is 61.6 Å². The van der Waals surface area contributed by atoms with Gasteiger partial charge in [0.15, 0.2) is 0 Å². The number of anilines is 1. The third-order valence-electron chi connectivity index (χ3n) is 6.92. The van der Waals surface area contributed by atoms with Gasteiger partial charge in [0.2, 0.25) is 11.8 Å². The molecule has 1 aliphatic heterocycles. The predicted octanol–water partition coefficient (Wildman–Crippen LogP) is 5.55. The second kappa shape index (κ2) is 12.7. The van der Waals surface area contributed by atoms with Gasteiger partial charge in [-0.3, -0.25) is 0 Å². The largest absolute Gasteiger partial charge is 0.478 e. The normalized spacial score (nSPS) is 16.8. The Balaban J connectivity index is 0.00000387. The maximum Gasteiger partial charge on any atom is 0.335 e. The highest BCUT2D eigenvalue weighted by Gasteiger charge is 2.25. The number of carbonyl (C=O) groups is 1. The summed E-state index contributed by atoms with van der Waals surface area (Å²) in [6, 6.07) is 23.2. The maximum atomic E-state index is 13.2. The molecule has 3 aromatic carbocycles. The van der Waals surface area contributed by atoms with E-state index in [9.17, 15) is 18.3 Å². The molecule has 11 heteroatoms. The van der Waals surface area contributed by atoms with Gasteiger partial charge in [0.1, 0.15) is 6.10 Å². The fourth-order valence-corrected chi connectivity index (χ4v) is 5.91. The molecule has 0 saturated carbocycles. The van der Waals surface area contributed by atoms with E-state index in [-0.39, 0.29) is 46.8 Å². The van der Waals surface area contributed by atoms with E-state index >= 15 is 0 Å². The van der Waals surface area contributed by atoms with Crippen LogP contribution in [-0.4, -0.2) is 42.1 Å². The van der Waals surface area contributed by atoms with E-state index in [1.807, 2.05) is 50.2 Å². The Labute approximate surface area is 245 Å². The number of aryl methyl sites for hydroxylation is 2. The molecule has 1 saturated heterocycles. The molecule has 1 aromatic heterocycles. The monoisotopic (exact) mass is 594 g/mol. The molecular weight excluding hydrogens is 564 g/mol. The van der Waals surface area contributed by atoms with Gasteiger partial charge in [0.05, 0.1) is 16.2 Å². The van der Waals surface area contributed by atoms with Crippen molar-refractivity contribution >= 4 is 34.3 Å². The van der Waals surface area contributed by atoms with Gasteiger partial charge in [0.25, 0.3) is 10.0 Å². The Morgan fingerprint density at radius 2 is 1.66 bits per heavy atom. The first-order valence-corrected chi connectivity index (χ1v) is 14.4. The van der Waals surface area contributed by atoms with Gasteiger partial charge < -0.3 is 15.2 Å². The van der Waals surface area contributed by atoms with Gasteiger partial charge >= 0.3 is 5.97 Å². The molecule has 2 unspecified atom stereocenters. The number of aromatic nitrogens is 2. The molecule has 4 aromatic rings. The van der Waals surface area contributed by atoms with E-state index < -0.39 is 16.0 Å². The summed E-state index contributed by atoms with van der Waals surface area (Å²) in [5.41, 5.74) is 4.40. The molecule has 1 aliphatic rings. The number of nitrogens with one attached hydrogen (secondary N) is 2. The maximum absolute atomic E-state index is 13.2. The number of carboxylic acids is 1. The van der Waals surface area contributed by atoms with Crippen LogP contribution in [0.2, 0.25) is 0 Å².